The van der Waals surface area contributed by atoms with Crippen LogP contribution < -0.4 is 0 Å². The van der Waals surface area contributed by atoms with Crippen molar-refractivity contribution in [1.82, 2.24) is 4.90 Å². The first-order chi connectivity index (χ1) is 5.98. The molecular weight excluding hydrogens is 158 g/mol. The van der Waals surface area contributed by atoms with Crippen LogP contribution in [-0.2, 0) is 0 Å². The van der Waals surface area contributed by atoms with Gasteiger partial charge in [0.15, 0.2) is 0 Å². The van der Waals surface area contributed by atoms with Crippen LogP contribution in [0.1, 0.15) is 53.4 Å². The van der Waals surface area contributed by atoms with Crippen molar-refractivity contribution in [3.8, 4) is 0 Å². The summed E-state index contributed by atoms with van der Waals surface area (Å²) in [5.41, 5.74) is 0.395. The lowest BCUT2D eigenvalue weighted by molar-refractivity contribution is 0.0258. The second kappa shape index (κ2) is 2.98. The highest BCUT2D eigenvalue weighted by Gasteiger charge is 2.43. The molecule has 0 saturated carbocycles. The Labute approximate surface area is 82.5 Å². The van der Waals surface area contributed by atoms with Crippen LogP contribution in [0.2, 0.25) is 0 Å². The molecule has 0 aromatic heterocycles. The van der Waals surface area contributed by atoms with E-state index in [1.807, 2.05) is 0 Å². The predicted octanol–water partition coefficient (Wildman–Crippen LogP) is 3.05. The number of rotatable bonds is 0. The molecule has 1 heteroatoms. The molecule has 0 radical (unpaired) electrons. The summed E-state index contributed by atoms with van der Waals surface area (Å²) < 4.78 is 0. The molecule has 2 saturated heterocycles. The van der Waals surface area contributed by atoms with E-state index < -0.39 is 0 Å². The van der Waals surface area contributed by atoms with E-state index >= 15 is 0 Å². The van der Waals surface area contributed by atoms with Crippen molar-refractivity contribution >= 4 is 0 Å². The smallest absolute Gasteiger partial charge is 0.0130 e. The average Bonchev–Trinajstić information content (AvgIpc) is 2.23. The minimum atomic E-state index is 0.395. The van der Waals surface area contributed by atoms with E-state index in [1.54, 1.807) is 0 Å². The molecule has 2 aliphatic heterocycles. The van der Waals surface area contributed by atoms with Crippen molar-refractivity contribution in [2.45, 2.75) is 71.0 Å². The van der Waals surface area contributed by atoms with Gasteiger partial charge in [-0.05, 0) is 52.4 Å². The quantitative estimate of drug-likeness (QED) is 0.555. The number of hydrogen-bond acceptors (Lipinski definition) is 1. The van der Waals surface area contributed by atoms with Gasteiger partial charge in [0, 0.05) is 17.6 Å². The molecule has 2 aliphatic rings. The number of nitrogens with zero attached hydrogens (tertiary/aromatic N) is 1. The fourth-order valence-corrected chi connectivity index (χ4v) is 3.54. The lowest BCUT2D eigenvalue weighted by atomic mass is 9.88. The van der Waals surface area contributed by atoms with Gasteiger partial charge in [0.1, 0.15) is 0 Å². The normalized spacial score (nSPS) is 41.1. The molecule has 2 bridgehead atoms. The van der Waals surface area contributed by atoms with Gasteiger partial charge in [-0.15, -0.1) is 0 Å². The first-order valence-electron chi connectivity index (χ1n) is 5.77. The van der Waals surface area contributed by atoms with Crippen LogP contribution in [0, 0.1) is 5.92 Å². The van der Waals surface area contributed by atoms with Crippen molar-refractivity contribution in [2.75, 3.05) is 0 Å². The Morgan fingerprint density at radius 1 is 1.00 bits per heavy atom. The van der Waals surface area contributed by atoms with E-state index in [-0.39, 0.29) is 0 Å². The zero-order chi connectivity index (χ0) is 9.64. The molecule has 0 aromatic carbocycles. The summed E-state index contributed by atoms with van der Waals surface area (Å²) in [4.78, 5) is 2.78. The van der Waals surface area contributed by atoms with E-state index in [2.05, 4.69) is 32.6 Å². The Morgan fingerprint density at radius 2 is 1.46 bits per heavy atom. The summed E-state index contributed by atoms with van der Waals surface area (Å²) in [6.45, 7) is 9.53. The number of piperidine rings is 1. The molecule has 0 aromatic rings. The molecule has 0 N–H and O–H groups in total. The molecular formula is C12H23N. The van der Waals surface area contributed by atoms with Gasteiger partial charge in [-0.2, -0.15) is 0 Å². The van der Waals surface area contributed by atoms with Crippen molar-refractivity contribution < 1.29 is 0 Å². The molecule has 0 spiro atoms. The molecule has 3 atom stereocenters. The number of hydrogen-bond donors (Lipinski definition) is 0. The maximum Gasteiger partial charge on any atom is 0.0130 e. The number of fused-ring (bicyclic) bond motifs is 2. The summed E-state index contributed by atoms with van der Waals surface area (Å²) in [5, 5.41) is 0. The SMILES string of the molecule is C[C@@H]1C[C@H]2CC[C@@H](C1)N2C(C)(C)C. The van der Waals surface area contributed by atoms with Crippen molar-refractivity contribution in [2.24, 2.45) is 5.92 Å². The Kier molecular flexibility index (Phi) is 2.18. The third-order valence-corrected chi connectivity index (χ3v) is 3.74. The summed E-state index contributed by atoms with van der Waals surface area (Å²) in [5.74, 6) is 0.969. The van der Waals surface area contributed by atoms with E-state index in [4.69, 9.17) is 0 Å². The summed E-state index contributed by atoms with van der Waals surface area (Å²) >= 11 is 0. The van der Waals surface area contributed by atoms with Gasteiger partial charge >= 0.3 is 0 Å². The van der Waals surface area contributed by atoms with Crippen LogP contribution in [0.3, 0.4) is 0 Å². The standard InChI is InChI=1S/C12H23N/c1-9-7-10-5-6-11(8-9)13(10)12(2,3)4/h9-11H,5-8H2,1-4H3/t9-,10-,11+. The van der Waals surface area contributed by atoms with Gasteiger partial charge in [-0.3, -0.25) is 4.90 Å². The third kappa shape index (κ3) is 1.63. The lowest BCUT2D eigenvalue weighted by Gasteiger charge is -2.46. The van der Waals surface area contributed by atoms with E-state index in [0.29, 0.717) is 5.54 Å². The summed E-state index contributed by atoms with van der Waals surface area (Å²) in [7, 11) is 0. The van der Waals surface area contributed by atoms with E-state index in [1.165, 1.54) is 25.7 Å². The highest BCUT2D eigenvalue weighted by Crippen LogP contribution is 2.42. The Morgan fingerprint density at radius 3 is 1.85 bits per heavy atom. The van der Waals surface area contributed by atoms with Gasteiger partial charge in [0.2, 0.25) is 0 Å². The van der Waals surface area contributed by atoms with Crippen LogP contribution in [0.5, 0.6) is 0 Å². The lowest BCUT2D eigenvalue weighted by Crippen LogP contribution is -2.52. The Bertz CT molecular complexity index is 178. The van der Waals surface area contributed by atoms with Gasteiger partial charge in [-0.1, -0.05) is 6.92 Å². The van der Waals surface area contributed by atoms with E-state index in [0.717, 1.165) is 18.0 Å². The molecule has 0 unspecified atom stereocenters. The molecule has 0 aliphatic carbocycles. The first kappa shape index (κ1) is 9.51. The second-order valence-corrected chi connectivity index (χ2v) is 6.04. The Hall–Kier alpha value is -0.0400. The molecule has 76 valence electrons. The highest BCUT2D eigenvalue weighted by molar-refractivity contribution is 4.99. The molecule has 2 fully saturated rings. The zero-order valence-electron chi connectivity index (χ0n) is 9.51. The second-order valence-electron chi connectivity index (χ2n) is 6.04. The van der Waals surface area contributed by atoms with Crippen LogP contribution in [0.4, 0.5) is 0 Å². The van der Waals surface area contributed by atoms with Gasteiger partial charge in [0.05, 0.1) is 0 Å². The predicted molar refractivity (Wildman–Crippen MR) is 56.8 cm³/mol. The van der Waals surface area contributed by atoms with Crippen molar-refractivity contribution in [3.05, 3.63) is 0 Å². The Balaban J connectivity index is 2.15. The van der Waals surface area contributed by atoms with Gasteiger partial charge in [0.25, 0.3) is 0 Å². The average molecular weight is 181 g/mol. The highest BCUT2D eigenvalue weighted by atomic mass is 15.3. The molecule has 0 amide bonds. The molecule has 13 heavy (non-hydrogen) atoms. The monoisotopic (exact) mass is 181 g/mol. The van der Waals surface area contributed by atoms with Crippen LogP contribution in [0.25, 0.3) is 0 Å². The van der Waals surface area contributed by atoms with Gasteiger partial charge < -0.3 is 0 Å². The minimum absolute atomic E-state index is 0.395. The van der Waals surface area contributed by atoms with Crippen LogP contribution in [0.15, 0.2) is 0 Å². The largest absolute Gasteiger partial charge is 0.293 e. The first-order valence-corrected chi connectivity index (χ1v) is 5.77. The van der Waals surface area contributed by atoms with Crippen molar-refractivity contribution in [3.63, 3.8) is 0 Å². The van der Waals surface area contributed by atoms with E-state index in [9.17, 15) is 0 Å². The molecule has 1 nitrogen and oxygen atoms in total. The summed E-state index contributed by atoms with van der Waals surface area (Å²) in [6, 6.07) is 1.79. The fraction of sp³-hybridized carbons (Fsp3) is 1.00. The maximum atomic E-state index is 2.78. The topological polar surface area (TPSA) is 3.24 Å². The van der Waals surface area contributed by atoms with Crippen LogP contribution in [-0.4, -0.2) is 22.5 Å². The molecule has 2 heterocycles. The summed E-state index contributed by atoms with van der Waals surface area (Å²) in [6.07, 6.45) is 5.78. The molecule has 2 rings (SSSR count). The minimum Gasteiger partial charge on any atom is -0.293 e. The third-order valence-electron chi connectivity index (χ3n) is 3.74. The van der Waals surface area contributed by atoms with Gasteiger partial charge in [-0.25, -0.2) is 0 Å². The van der Waals surface area contributed by atoms with Crippen molar-refractivity contribution in [1.29, 1.82) is 0 Å². The zero-order valence-corrected chi connectivity index (χ0v) is 9.51. The fourth-order valence-electron chi connectivity index (χ4n) is 3.54. The van der Waals surface area contributed by atoms with Crippen LogP contribution >= 0.6 is 0 Å². The maximum absolute atomic E-state index is 2.78.